The average Bonchev–Trinajstić information content (AvgIpc) is 2.53. The van der Waals surface area contributed by atoms with Crippen molar-refractivity contribution in [1.29, 1.82) is 0 Å². The van der Waals surface area contributed by atoms with E-state index in [2.05, 4.69) is 37.2 Å². The maximum atomic E-state index is 12.5. The molecule has 1 amide bonds. The Kier molecular flexibility index (Phi) is 5.82. The van der Waals surface area contributed by atoms with Crippen LogP contribution in [0, 0.1) is 0 Å². The number of carbonyl (C=O) groups excluding carboxylic acids is 1. The highest BCUT2D eigenvalue weighted by Gasteiger charge is 2.17. The molecule has 1 N–H and O–H groups in total. The lowest BCUT2D eigenvalue weighted by Crippen LogP contribution is -2.29. The summed E-state index contributed by atoms with van der Waals surface area (Å²) in [6, 6.07) is 15.1. The molecule has 0 aliphatic heterocycles. The monoisotopic (exact) mass is 411 g/mol. The molecule has 0 fully saturated rings. The van der Waals surface area contributed by atoms with Crippen molar-refractivity contribution in [3.05, 3.63) is 64.1 Å². The summed E-state index contributed by atoms with van der Waals surface area (Å²) in [6.07, 6.45) is 0. The predicted molar refractivity (Wildman–Crippen MR) is 91.1 cm³/mol. The molecule has 2 aromatic carbocycles. The standard InChI is InChI=1S/C16H15Br2NO2/c1-21-12-7-8-14(18)13(9-12)16(20)19-15(10-17)11-5-3-2-4-6-11/h2-9,15H,10H2,1H3,(H,19,20). The van der Waals surface area contributed by atoms with Crippen LogP contribution in [-0.2, 0) is 0 Å². The second kappa shape index (κ2) is 7.61. The fraction of sp³-hybridized carbons (Fsp3) is 0.188. The normalized spacial score (nSPS) is 11.8. The van der Waals surface area contributed by atoms with Gasteiger partial charge in [-0.25, -0.2) is 0 Å². The molecule has 0 spiro atoms. The first kappa shape index (κ1) is 16.0. The predicted octanol–water partition coefficient (Wildman–Crippen LogP) is 4.32. The van der Waals surface area contributed by atoms with Crippen molar-refractivity contribution < 1.29 is 9.53 Å². The van der Waals surface area contributed by atoms with E-state index in [1.165, 1.54) is 0 Å². The Morgan fingerprint density at radius 2 is 1.95 bits per heavy atom. The van der Waals surface area contributed by atoms with Crippen molar-refractivity contribution in [3.63, 3.8) is 0 Å². The second-order valence-corrected chi connectivity index (χ2v) is 5.94. The Morgan fingerprint density at radius 3 is 2.57 bits per heavy atom. The van der Waals surface area contributed by atoms with Crippen LogP contribution in [0.4, 0.5) is 0 Å². The van der Waals surface area contributed by atoms with Crippen LogP contribution < -0.4 is 10.1 Å². The van der Waals surface area contributed by atoms with Crippen LogP contribution in [0.3, 0.4) is 0 Å². The van der Waals surface area contributed by atoms with Gasteiger partial charge in [0.25, 0.3) is 5.91 Å². The first-order valence-electron chi connectivity index (χ1n) is 6.41. The first-order chi connectivity index (χ1) is 10.2. The van der Waals surface area contributed by atoms with E-state index in [-0.39, 0.29) is 11.9 Å². The summed E-state index contributed by atoms with van der Waals surface area (Å²) >= 11 is 6.85. The van der Waals surface area contributed by atoms with Crippen molar-refractivity contribution in [2.45, 2.75) is 6.04 Å². The fourth-order valence-electron chi connectivity index (χ4n) is 1.94. The van der Waals surface area contributed by atoms with Crippen molar-refractivity contribution in [2.24, 2.45) is 0 Å². The summed E-state index contributed by atoms with van der Waals surface area (Å²) in [6.45, 7) is 0. The number of methoxy groups -OCH3 is 1. The lowest BCUT2D eigenvalue weighted by molar-refractivity contribution is 0.0939. The van der Waals surface area contributed by atoms with E-state index in [0.717, 1.165) is 10.0 Å². The van der Waals surface area contributed by atoms with Gasteiger partial charge in [-0.1, -0.05) is 46.3 Å². The molecule has 3 nitrogen and oxygen atoms in total. The van der Waals surface area contributed by atoms with Gasteiger partial charge in [0.05, 0.1) is 18.7 Å². The van der Waals surface area contributed by atoms with Crippen LogP contribution in [0.25, 0.3) is 0 Å². The largest absolute Gasteiger partial charge is 0.497 e. The van der Waals surface area contributed by atoms with Gasteiger partial charge in [0.15, 0.2) is 0 Å². The third-order valence-electron chi connectivity index (χ3n) is 3.08. The zero-order valence-corrected chi connectivity index (χ0v) is 14.6. The van der Waals surface area contributed by atoms with Crippen LogP contribution in [0.5, 0.6) is 5.75 Å². The van der Waals surface area contributed by atoms with Gasteiger partial charge in [-0.05, 0) is 39.7 Å². The average molecular weight is 413 g/mol. The SMILES string of the molecule is COc1ccc(Br)c(C(=O)NC(CBr)c2ccccc2)c1. The van der Waals surface area contributed by atoms with Gasteiger partial charge >= 0.3 is 0 Å². The highest BCUT2D eigenvalue weighted by Crippen LogP contribution is 2.24. The van der Waals surface area contributed by atoms with Gasteiger partial charge in [0.1, 0.15) is 5.75 Å². The highest BCUT2D eigenvalue weighted by atomic mass is 79.9. The molecule has 0 saturated carbocycles. The molecule has 0 radical (unpaired) electrons. The Balaban J connectivity index is 2.20. The topological polar surface area (TPSA) is 38.3 Å². The molecule has 1 unspecified atom stereocenters. The number of benzene rings is 2. The molecular weight excluding hydrogens is 398 g/mol. The minimum absolute atomic E-state index is 0.0863. The quantitative estimate of drug-likeness (QED) is 0.742. The van der Waals surface area contributed by atoms with Crippen molar-refractivity contribution in [2.75, 3.05) is 12.4 Å². The van der Waals surface area contributed by atoms with Crippen molar-refractivity contribution in [3.8, 4) is 5.75 Å². The fourth-order valence-corrected chi connectivity index (χ4v) is 2.90. The number of hydrogen-bond acceptors (Lipinski definition) is 2. The smallest absolute Gasteiger partial charge is 0.253 e. The minimum Gasteiger partial charge on any atom is -0.497 e. The maximum absolute atomic E-state index is 12.5. The highest BCUT2D eigenvalue weighted by molar-refractivity contribution is 9.10. The Bertz CT molecular complexity index is 617. The number of hydrogen-bond donors (Lipinski definition) is 1. The molecule has 2 rings (SSSR count). The van der Waals surface area contributed by atoms with Crippen LogP contribution in [0.2, 0.25) is 0 Å². The Morgan fingerprint density at radius 1 is 1.24 bits per heavy atom. The minimum atomic E-state index is -0.144. The Hall–Kier alpha value is -1.33. The van der Waals surface area contributed by atoms with Gasteiger partial charge in [-0.2, -0.15) is 0 Å². The van der Waals surface area contributed by atoms with Crippen LogP contribution in [0.15, 0.2) is 53.0 Å². The van der Waals surface area contributed by atoms with E-state index in [9.17, 15) is 4.79 Å². The van der Waals surface area contributed by atoms with Gasteiger partial charge in [0, 0.05) is 9.80 Å². The zero-order chi connectivity index (χ0) is 15.2. The van der Waals surface area contributed by atoms with E-state index < -0.39 is 0 Å². The summed E-state index contributed by atoms with van der Waals surface area (Å²) in [4.78, 5) is 12.5. The molecule has 21 heavy (non-hydrogen) atoms. The lowest BCUT2D eigenvalue weighted by Gasteiger charge is -2.17. The summed E-state index contributed by atoms with van der Waals surface area (Å²) in [5.74, 6) is 0.507. The molecule has 5 heteroatoms. The maximum Gasteiger partial charge on any atom is 0.253 e. The first-order valence-corrected chi connectivity index (χ1v) is 8.32. The van der Waals surface area contributed by atoms with Crippen LogP contribution >= 0.6 is 31.9 Å². The molecule has 0 aliphatic carbocycles. The molecular formula is C16H15Br2NO2. The van der Waals surface area contributed by atoms with E-state index >= 15 is 0 Å². The Labute approximate surface area is 141 Å². The van der Waals surface area contributed by atoms with Gasteiger partial charge in [-0.3, -0.25) is 4.79 Å². The van der Waals surface area contributed by atoms with Gasteiger partial charge < -0.3 is 10.1 Å². The van der Waals surface area contributed by atoms with E-state index in [0.29, 0.717) is 16.6 Å². The number of amides is 1. The molecule has 0 saturated heterocycles. The van der Waals surface area contributed by atoms with Crippen molar-refractivity contribution >= 4 is 37.8 Å². The van der Waals surface area contributed by atoms with E-state index in [4.69, 9.17) is 4.74 Å². The molecule has 0 heterocycles. The molecule has 0 aliphatic rings. The third kappa shape index (κ3) is 4.08. The third-order valence-corrected chi connectivity index (χ3v) is 4.42. The molecule has 2 aromatic rings. The summed E-state index contributed by atoms with van der Waals surface area (Å²) in [5.41, 5.74) is 1.61. The van der Waals surface area contributed by atoms with Gasteiger partial charge in [-0.15, -0.1) is 0 Å². The zero-order valence-electron chi connectivity index (χ0n) is 11.5. The summed E-state index contributed by atoms with van der Waals surface area (Å²) in [7, 11) is 1.58. The molecule has 1 atom stereocenters. The number of ether oxygens (including phenoxy) is 1. The molecule has 0 bridgehead atoms. The number of halogens is 2. The second-order valence-electron chi connectivity index (χ2n) is 4.44. The van der Waals surface area contributed by atoms with Crippen LogP contribution in [0.1, 0.15) is 22.0 Å². The lowest BCUT2D eigenvalue weighted by atomic mass is 10.1. The van der Waals surface area contributed by atoms with Crippen molar-refractivity contribution in [1.82, 2.24) is 5.32 Å². The summed E-state index contributed by atoms with van der Waals surface area (Å²) < 4.78 is 5.90. The molecule has 0 aromatic heterocycles. The summed E-state index contributed by atoms with van der Waals surface area (Å²) in [5, 5.41) is 3.66. The number of carbonyl (C=O) groups is 1. The van der Waals surface area contributed by atoms with E-state index in [1.807, 2.05) is 30.3 Å². The van der Waals surface area contributed by atoms with E-state index in [1.54, 1.807) is 25.3 Å². The molecule has 110 valence electrons. The number of nitrogens with one attached hydrogen (secondary N) is 1. The number of alkyl halides is 1. The number of rotatable bonds is 5. The van der Waals surface area contributed by atoms with Crippen LogP contribution in [-0.4, -0.2) is 18.3 Å². The van der Waals surface area contributed by atoms with Gasteiger partial charge in [0.2, 0.25) is 0 Å².